The van der Waals surface area contributed by atoms with Crippen LogP contribution in [0.5, 0.6) is 11.5 Å². The number of anilines is 1. The molecule has 1 amide bonds. The van der Waals surface area contributed by atoms with Gasteiger partial charge in [-0.3, -0.25) is 4.79 Å². The lowest BCUT2D eigenvalue weighted by molar-refractivity contribution is -0.125. The summed E-state index contributed by atoms with van der Waals surface area (Å²) in [5.74, 6) is 1.44. The van der Waals surface area contributed by atoms with Crippen molar-refractivity contribution in [1.82, 2.24) is 4.98 Å². The average molecular weight is 372 g/mol. The number of carbonyl (C=O) groups excluding carboxylic acids is 1. The van der Waals surface area contributed by atoms with Crippen molar-refractivity contribution in [3.05, 3.63) is 72.8 Å². The zero-order valence-corrected chi connectivity index (χ0v) is 14.8. The van der Waals surface area contributed by atoms with Gasteiger partial charge in [-0.2, -0.15) is 0 Å². The monoisotopic (exact) mass is 372 g/mol. The maximum absolute atomic E-state index is 12.6. The van der Waals surface area contributed by atoms with E-state index in [0.29, 0.717) is 23.1 Å². The van der Waals surface area contributed by atoms with Crippen LogP contribution in [-0.4, -0.2) is 23.6 Å². The van der Waals surface area contributed by atoms with Crippen molar-refractivity contribution >= 4 is 22.7 Å². The lowest BCUT2D eigenvalue weighted by Crippen LogP contribution is -2.40. The maximum Gasteiger partial charge on any atom is 0.269 e. The van der Waals surface area contributed by atoms with Crippen LogP contribution < -0.4 is 14.8 Å². The average Bonchev–Trinajstić information content (AvgIpc) is 3.18. The van der Waals surface area contributed by atoms with Gasteiger partial charge in [-0.25, -0.2) is 4.98 Å². The van der Waals surface area contributed by atoms with Crippen LogP contribution in [0, 0.1) is 0 Å². The van der Waals surface area contributed by atoms with Gasteiger partial charge in [-0.1, -0.05) is 30.3 Å². The summed E-state index contributed by atoms with van der Waals surface area (Å²) in [6.45, 7) is 0.160. The van der Waals surface area contributed by atoms with E-state index in [0.717, 1.165) is 16.7 Å². The number of carbonyl (C=O) groups is 1. The Labute approximate surface area is 160 Å². The van der Waals surface area contributed by atoms with Crippen molar-refractivity contribution in [2.24, 2.45) is 0 Å². The normalized spacial score (nSPS) is 15.4. The molecule has 1 N–H and O–H groups in total. The van der Waals surface area contributed by atoms with E-state index in [-0.39, 0.29) is 12.5 Å². The molecule has 0 fully saturated rings. The molecule has 4 aromatic rings. The van der Waals surface area contributed by atoms with Crippen LogP contribution in [0.15, 0.2) is 77.2 Å². The van der Waals surface area contributed by atoms with E-state index >= 15 is 0 Å². The van der Waals surface area contributed by atoms with Crippen LogP contribution in [0.25, 0.3) is 22.6 Å². The highest BCUT2D eigenvalue weighted by atomic mass is 16.6. The van der Waals surface area contributed by atoms with Gasteiger partial charge in [-0.15, -0.1) is 0 Å². The largest absolute Gasteiger partial charge is 0.485 e. The van der Waals surface area contributed by atoms with Gasteiger partial charge < -0.3 is 19.2 Å². The summed E-state index contributed by atoms with van der Waals surface area (Å²) in [7, 11) is 0. The molecule has 0 bridgehead atoms. The predicted octanol–water partition coefficient (Wildman–Crippen LogP) is 4.27. The molecular formula is C22H16N2O4. The van der Waals surface area contributed by atoms with E-state index < -0.39 is 6.10 Å². The smallest absolute Gasteiger partial charge is 0.269 e. The number of nitrogens with zero attached hydrogens (tertiary/aromatic N) is 1. The highest BCUT2D eigenvalue weighted by Crippen LogP contribution is 2.31. The molecule has 0 spiro atoms. The summed E-state index contributed by atoms with van der Waals surface area (Å²) < 4.78 is 17.2. The third-order valence-corrected chi connectivity index (χ3v) is 4.47. The van der Waals surface area contributed by atoms with Crippen molar-refractivity contribution in [3.63, 3.8) is 0 Å². The molecule has 6 nitrogen and oxygen atoms in total. The maximum atomic E-state index is 12.6. The number of aromatic nitrogens is 1. The minimum Gasteiger partial charge on any atom is -0.485 e. The first-order valence-corrected chi connectivity index (χ1v) is 8.92. The van der Waals surface area contributed by atoms with E-state index in [9.17, 15) is 4.79 Å². The second kappa shape index (κ2) is 6.74. The minimum absolute atomic E-state index is 0.160. The molecule has 0 saturated carbocycles. The molecule has 5 rings (SSSR count). The fourth-order valence-electron chi connectivity index (χ4n) is 3.10. The number of amides is 1. The van der Waals surface area contributed by atoms with Crippen molar-refractivity contribution in [1.29, 1.82) is 0 Å². The number of para-hydroxylation sites is 4. The summed E-state index contributed by atoms with van der Waals surface area (Å²) >= 11 is 0. The zero-order valence-electron chi connectivity index (χ0n) is 14.8. The number of hydrogen-bond acceptors (Lipinski definition) is 5. The molecule has 1 aliphatic heterocycles. The van der Waals surface area contributed by atoms with Crippen LogP contribution in [0.2, 0.25) is 0 Å². The van der Waals surface area contributed by atoms with E-state index in [1.54, 1.807) is 6.07 Å². The second-order valence-corrected chi connectivity index (χ2v) is 6.42. The number of hydrogen-bond donors (Lipinski definition) is 1. The van der Waals surface area contributed by atoms with Crippen LogP contribution in [0.4, 0.5) is 5.69 Å². The lowest BCUT2D eigenvalue weighted by Gasteiger charge is -2.25. The third kappa shape index (κ3) is 3.05. The summed E-state index contributed by atoms with van der Waals surface area (Å²) in [6.07, 6.45) is -0.720. The Bertz CT molecular complexity index is 1130. The standard InChI is InChI=1S/C22H16N2O4/c25-21(20-13-26-18-10-3-4-11-19(18)27-20)23-15-7-5-6-14(12-15)22-24-16-8-1-2-9-17(16)28-22/h1-12,20H,13H2,(H,23,25). The molecule has 6 heteroatoms. The van der Waals surface area contributed by atoms with Gasteiger partial charge in [0.15, 0.2) is 17.1 Å². The Balaban J connectivity index is 1.35. The van der Waals surface area contributed by atoms with Gasteiger partial charge >= 0.3 is 0 Å². The molecule has 1 aliphatic rings. The van der Waals surface area contributed by atoms with Gasteiger partial charge in [0.1, 0.15) is 12.1 Å². The van der Waals surface area contributed by atoms with E-state index in [4.69, 9.17) is 13.9 Å². The molecule has 1 atom stereocenters. The minimum atomic E-state index is -0.720. The SMILES string of the molecule is O=C(Nc1cccc(-c2nc3ccccc3o2)c1)C1COc2ccccc2O1. The Morgan fingerprint density at radius 3 is 2.68 bits per heavy atom. The topological polar surface area (TPSA) is 73.6 Å². The number of fused-ring (bicyclic) bond motifs is 2. The molecule has 3 aromatic carbocycles. The highest BCUT2D eigenvalue weighted by Gasteiger charge is 2.27. The fraction of sp³-hybridized carbons (Fsp3) is 0.0909. The number of benzene rings is 3. The van der Waals surface area contributed by atoms with Gasteiger partial charge in [0.25, 0.3) is 5.91 Å². The molecule has 138 valence electrons. The van der Waals surface area contributed by atoms with Gasteiger partial charge in [0.05, 0.1) is 0 Å². The van der Waals surface area contributed by atoms with Crippen LogP contribution >= 0.6 is 0 Å². The number of ether oxygens (including phenoxy) is 2. The quantitative estimate of drug-likeness (QED) is 0.581. The zero-order chi connectivity index (χ0) is 18.9. The molecule has 0 radical (unpaired) electrons. The molecular weight excluding hydrogens is 356 g/mol. The highest BCUT2D eigenvalue weighted by molar-refractivity contribution is 5.95. The summed E-state index contributed by atoms with van der Waals surface area (Å²) in [5.41, 5.74) is 2.92. The van der Waals surface area contributed by atoms with Gasteiger partial charge in [-0.05, 0) is 42.5 Å². The van der Waals surface area contributed by atoms with Crippen LogP contribution in [0.3, 0.4) is 0 Å². The summed E-state index contributed by atoms with van der Waals surface area (Å²) in [5, 5.41) is 2.87. The summed E-state index contributed by atoms with van der Waals surface area (Å²) in [4.78, 5) is 17.1. The van der Waals surface area contributed by atoms with Gasteiger partial charge in [0.2, 0.25) is 12.0 Å². The van der Waals surface area contributed by atoms with Crippen LogP contribution in [-0.2, 0) is 4.79 Å². The fourth-order valence-corrected chi connectivity index (χ4v) is 3.10. The Morgan fingerprint density at radius 1 is 0.964 bits per heavy atom. The molecule has 0 aliphatic carbocycles. The molecule has 2 heterocycles. The number of nitrogens with one attached hydrogen (secondary N) is 1. The number of rotatable bonds is 3. The van der Waals surface area contributed by atoms with E-state index in [1.165, 1.54) is 0 Å². The van der Waals surface area contributed by atoms with Gasteiger partial charge in [0, 0.05) is 11.3 Å². The first kappa shape index (κ1) is 16.4. The van der Waals surface area contributed by atoms with Crippen molar-refractivity contribution in [2.75, 3.05) is 11.9 Å². The van der Waals surface area contributed by atoms with Crippen molar-refractivity contribution in [3.8, 4) is 23.0 Å². The Kier molecular flexibility index (Phi) is 3.94. The second-order valence-electron chi connectivity index (χ2n) is 6.42. The molecule has 1 unspecified atom stereocenters. The first-order valence-electron chi connectivity index (χ1n) is 8.92. The number of oxazole rings is 1. The Morgan fingerprint density at radius 2 is 1.79 bits per heavy atom. The predicted molar refractivity (Wildman–Crippen MR) is 104 cm³/mol. The molecule has 28 heavy (non-hydrogen) atoms. The van der Waals surface area contributed by atoms with Crippen LogP contribution in [0.1, 0.15) is 0 Å². The lowest BCUT2D eigenvalue weighted by atomic mass is 10.2. The third-order valence-electron chi connectivity index (χ3n) is 4.47. The van der Waals surface area contributed by atoms with Crippen molar-refractivity contribution in [2.45, 2.75) is 6.10 Å². The molecule has 1 aromatic heterocycles. The van der Waals surface area contributed by atoms with E-state index in [1.807, 2.05) is 66.7 Å². The molecule has 0 saturated heterocycles. The van der Waals surface area contributed by atoms with E-state index in [2.05, 4.69) is 10.3 Å². The van der Waals surface area contributed by atoms with Crippen molar-refractivity contribution < 1.29 is 18.7 Å². The Hall–Kier alpha value is -3.80. The first-order chi connectivity index (χ1) is 13.8. The summed E-state index contributed by atoms with van der Waals surface area (Å²) in [6, 6.07) is 22.2.